The predicted octanol–water partition coefficient (Wildman–Crippen LogP) is 0.421. The number of aromatic nitrogens is 1. The highest BCUT2D eigenvalue weighted by Gasteiger charge is 2.46. The van der Waals surface area contributed by atoms with Gasteiger partial charge in [0.05, 0.1) is 26.4 Å². The van der Waals surface area contributed by atoms with Crippen LogP contribution in [0.2, 0.25) is 0 Å². The molecule has 1 aromatic heterocycles. The van der Waals surface area contributed by atoms with Gasteiger partial charge in [-0.1, -0.05) is 0 Å². The molecular formula is C18H26N4O5S. The van der Waals surface area contributed by atoms with Crippen LogP contribution in [-0.2, 0) is 19.5 Å². The zero-order valence-electron chi connectivity index (χ0n) is 16.0. The van der Waals surface area contributed by atoms with Crippen LogP contribution < -0.4 is 10.1 Å². The Kier molecular flexibility index (Phi) is 5.55. The number of fused-ring (bicyclic) bond motifs is 1. The summed E-state index contributed by atoms with van der Waals surface area (Å²) in [4.78, 5) is 6.46. The maximum Gasteiger partial charge on any atom is 0.289 e. The minimum atomic E-state index is -3.92. The van der Waals surface area contributed by atoms with E-state index in [1.54, 1.807) is 6.07 Å². The van der Waals surface area contributed by atoms with Gasteiger partial charge < -0.3 is 19.5 Å². The van der Waals surface area contributed by atoms with Crippen LogP contribution >= 0.6 is 0 Å². The summed E-state index contributed by atoms with van der Waals surface area (Å²) >= 11 is 0. The van der Waals surface area contributed by atoms with Crippen molar-refractivity contribution in [1.29, 1.82) is 0 Å². The molecule has 3 aliphatic rings. The van der Waals surface area contributed by atoms with E-state index in [0.717, 1.165) is 19.6 Å². The van der Waals surface area contributed by atoms with E-state index in [4.69, 9.17) is 14.2 Å². The normalized spacial score (nSPS) is 25.1. The van der Waals surface area contributed by atoms with Gasteiger partial charge >= 0.3 is 0 Å². The molecule has 1 unspecified atom stereocenters. The third-order valence-electron chi connectivity index (χ3n) is 5.27. The van der Waals surface area contributed by atoms with Crippen LogP contribution in [0, 0.1) is 0 Å². The highest BCUT2D eigenvalue weighted by atomic mass is 32.2. The summed E-state index contributed by atoms with van der Waals surface area (Å²) in [6.07, 6.45) is 2.55. The van der Waals surface area contributed by atoms with Gasteiger partial charge in [0, 0.05) is 44.7 Å². The van der Waals surface area contributed by atoms with Crippen LogP contribution in [0.25, 0.3) is 0 Å². The van der Waals surface area contributed by atoms with Crippen molar-refractivity contribution in [2.75, 3.05) is 46.1 Å². The van der Waals surface area contributed by atoms with Crippen molar-refractivity contribution in [2.45, 2.75) is 36.3 Å². The van der Waals surface area contributed by atoms with Crippen molar-refractivity contribution in [1.82, 2.24) is 15.2 Å². The summed E-state index contributed by atoms with van der Waals surface area (Å²) in [5.41, 5.74) is -0.885. The Hall–Kier alpha value is -1.75. The van der Waals surface area contributed by atoms with Gasteiger partial charge in [-0.15, -0.1) is 4.40 Å². The quantitative estimate of drug-likeness (QED) is 0.765. The van der Waals surface area contributed by atoms with Gasteiger partial charge in [-0.25, -0.2) is 4.98 Å². The molecule has 28 heavy (non-hydrogen) atoms. The Morgan fingerprint density at radius 3 is 2.68 bits per heavy atom. The molecule has 4 heterocycles. The maximum absolute atomic E-state index is 12.9. The number of nitrogens with zero attached hydrogens (tertiary/aromatic N) is 3. The average Bonchev–Trinajstić information content (AvgIpc) is 2.76. The second-order valence-corrected chi connectivity index (χ2v) is 8.96. The molecule has 0 amide bonds. The maximum atomic E-state index is 12.9. The van der Waals surface area contributed by atoms with Gasteiger partial charge in [-0.3, -0.25) is 4.90 Å². The molecule has 10 heteroatoms. The Bertz CT molecular complexity index is 832. The van der Waals surface area contributed by atoms with Crippen molar-refractivity contribution in [3.05, 3.63) is 18.3 Å². The SMILES string of the molecule is CC(CN1CCOCC1)NC1=NS(=O)(=O)c2cccnc2OC12CCOCC2. The van der Waals surface area contributed by atoms with E-state index in [9.17, 15) is 8.42 Å². The lowest BCUT2D eigenvalue weighted by Gasteiger charge is -2.38. The van der Waals surface area contributed by atoms with Crippen molar-refractivity contribution in [3.63, 3.8) is 0 Å². The lowest BCUT2D eigenvalue weighted by molar-refractivity contribution is -0.0109. The molecule has 2 fully saturated rings. The Balaban J connectivity index is 1.63. The predicted molar refractivity (Wildman–Crippen MR) is 102 cm³/mol. The lowest BCUT2D eigenvalue weighted by Crippen LogP contribution is -2.57. The standard InChI is InChI=1S/C18H26N4O5S/c1-14(13-22-7-11-26-12-8-22)20-17-18(4-9-25-10-5-18)27-16-15(3-2-6-19-16)28(23,24)21-17/h2-3,6,14H,4-5,7-13H2,1H3,(H,20,21). The minimum absolute atomic E-state index is 0.00139. The molecule has 4 rings (SSSR count). The van der Waals surface area contributed by atoms with Gasteiger partial charge in [-0.2, -0.15) is 8.42 Å². The summed E-state index contributed by atoms with van der Waals surface area (Å²) in [5, 5.41) is 3.34. The van der Waals surface area contributed by atoms with E-state index in [1.807, 2.05) is 6.92 Å². The Labute approximate surface area is 165 Å². The van der Waals surface area contributed by atoms with Crippen LogP contribution in [0.5, 0.6) is 5.88 Å². The fraction of sp³-hybridized carbons (Fsp3) is 0.667. The molecule has 0 radical (unpaired) electrons. The van der Waals surface area contributed by atoms with Gasteiger partial charge in [0.25, 0.3) is 10.0 Å². The summed E-state index contributed by atoms with van der Waals surface area (Å²) in [5.74, 6) is 0.445. The van der Waals surface area contributed by atoms with Crippen molar-refractivity contribution < 1.29 is 22.6 Å². The van der Waals surface area contributed by atoms with E-state index < -0.39 is 15.6 Å². The molecule has 3 aliphatic heterocycles. The molecule has 0 aromatic carbocycles. The zero-order chi connectivity index (χ0) is 19.6. The molecule has 0 aliphatic carbocycles. The first-order chi connectivity index (χ1) is 13.5. The largest absolute Gasteiger partial charge is 0.462 e. The van der Waals surface area contributed by atoms with Crippen LogP contribution in [0.15, 0.2) is 27.6 Å². The van der Waals surface area contributed by atoms with Crippen LogP contribution in [0.3, 0.4) is 0 Å². The molecule has 1 N–H and O–H groups in total. The molecule has 1 atom stereocenters. The highest BCUT2D eigenvalue weighted by molar-refractivity contribution is 7.90. The average molecular weight is 410 g/mol. The van der Waals surface area contributed by atoms with Crippen LogP contribution in [0.4, 0.5) is 0 Å². The lowest BCUT2D eigenvalue weighted by atomic mass is 9.92. The molecule has 1 aromatic rings. The monoisotopic (exact) mass is 410 g/mol. The number of rotatable bonds is 3. The fourth-order valence-electron chi connectivity index (χ4n) is 3.78. The topological polar surface area (TPSA) is 102 Å². The van der Waals surface area contributed by atoms with Gasteiger partial charge in [0.2, 0.25) is 5.88 Å². The highest BCUT2D eigenvalue weighted by Crippen LogP contribution is 2.35. The smallest absolute Gasteiger partial charge is 0.289 e. The van der Waals surface area contributed by atoms with Crippen molar-refractivity contribution in [3.8, 4) is 5.88 Å². The van der Waals surface area contributed by atoms with Crippen molar-refractivity contribution in [2.24, 2.45) is 4.40 Å². The van der Waals surface area contributed by atoms with Gasteiger partial charge in [-0.05, 0) is 19.1 Å². The van der Waals surface area contributed by atoms with E-state index >= 15 is 0 Å². The number of morpholine rings is 1. The molecule has 2 saturated heterocycles. The first-order valence-electron chi connectivity index (χ1n) is 9.62. The molecule has 154 valence electrons. The second kappa shape index (κ2) is 7.94. The number of amidine groups is 1. The first-order valence-corrected chi connectivity index (χ1v) is 11.1. The van der Waals surface area contributed by atoms with E-state index in [0.29, 0.717) is 45.1 Å². The number of pyridine rings is 1. The number of ether oxygens (including phenoxy) is 3. The Morgan fingerprint density at radius 1 is 1.21 bits per heavy atom. The summed E-state index contributed by atoms with van der Waals surface area (Å²) < 4.78 is 47.1. The summed E-state index contributed by atoms with van der Waals surface area (Å²) in [6.45, 7) is 6.89. The number of hydrogen-bond donors (Lipinski definition) is 1. The van der Waals surface area contributed by atoms with Gasteiger partial charge in [0.1, 0.15) is 0 Å². The van der Waals surface area contributed by atoms with E-state index in [2.05, 4.69) is 19.6 Å². The molecular weight excluding hydrogens is 384 g/mol. The van der Waals surface area contributed by atoms with Crippen molar-refractivity contribution >= 4 is 15.9 Å². The fourth-order valence-corrected chi connectivity index (χ4v) is 4.91. The molecule has 0 saturated carbocycles. The van der Waals surface area contributed by atoms with E-state index in [-0.39, 0.29) is 16.8 Å². The minimum Gasteiger partial charge on any atom is -0.462 e. The van der Waals surface area contributed by atoms with Crippen LogP contribution in [-0.4, -0.2) is 81.8 Å². The molecule has 0 bridgehead atoms. The number of sulfonamides is 1. The zero-order valence-corrected chi connectivity index (χ0v) is 16.8. The number of hydrogen-bond acceptors (Lipinski definition) is 8. The molecule has 1 spiro atoms. The number of nitrogens with one attached hydrogen (secondary N) is 1. The third kappa shape index (κ3) is 4.00. The van der Waals surface area contributed by atoms with Gasteiger partial charge in [0.15, 0.2) is 16.3 Å². The van der Waals surface area contributed by atoms with Crippen LogP contribution in [0.1, 0.15) is 19.8 Å². The summed E-state index contributed by atoms with van der Waals surface area (Å²) in [7, 11) is -3.92. The Morgan fingerprint density at radius 2 is 1.93 bits per heavy atom. The third-order valence-corrected chi connectivity index (χ3v) is 6.56. The second-order valence-electron chi connectivity index (χ2n) is 7.39. The summed E-state index contributed by atoms with van der Waals surface area (Å²) in [6, 6.07) is 3.05. The molecule has 9 nitrogen and oxygen atoms in total. The first kappa shape index (κ1) is 19.6. The van der Waals surface area contributed by atoms with E-state index in [1.165, 1.54) is 12.3 Å².